The monoisotopic (exact) mass is 269 g/mol. The van der Waals surface area contributed by atoms with Crippen LogP contribution < -0.4 is 5.73 Å². The molecule has 5 heteroatoms. The van der Waals surface area contributed by atoms with Gasteiger partial charge in [-0.2, -0.15) is 5.10 Å². The Bertz CT molecular complexity index is 522. The third-order valence-corrected chi connectivity index (χ3v) is 3.32. The van der Waals surface area contributed by atoms with Crippen LogP contribution in [0.1, 0.15) is 17.2 Å². The minimum Gasteiger partial charge on any atom is -0.324 e. The van der Waals surface area contributed by atoms with Gasteiger partial charge in [0.15, 0.2) is 0 Å². The minimum absolute atomic E-state index is 0.103. The Morgan fingerprint density at radius 3 is 2.71 bits per heavy atom. The van der Waals surface area contributed by atoms with Crippen LogP contribution in [0.2, 0.25) is 10.0 Å². The van der Waals surface area contributed by atoms with E-state index in [1.807, 2.05) is 31.6 Å². The Balaban J connectivity index is 2.14. The maximum Gasteiger partial charge on any atom is 0.0595 e. The zero-order valence-electron chi connectivity index (χ0n) is 9.40. The second-order valence-electron chi connectivity index (χ2n) is 4.01. The van der Waals surface area contributed by atoms with E-state index < -0.39 is 0 Å². The molecule has 0 aliphatic rings. The third-order valence-electron chi connectivity index (χ3n) is 2.59. The summed E-state index contributed by atoms with van der Waals surface area (Å²) < 4.78 is 1.76. The van der Waals surface area contributed by atoms with Crippen molar-refractivity contribution in [2.45, 2.75) is 12.5 Å². The number of aryl methyl sites for hydroxylation is 1. The van der Waals surface area contributed by atoms with Gasteiger partial charge >= 0.3 is 0 Å². The van der Waals surface area contributed by atoms with Gasteiger partial charge in [0.05, 0.1) is 16.2 Å². The van der Waals surface area contributed by atoms with Crippen LogP contribution in [0.3, 0.4) is 0 Å². The van der Waals surface area contributed by atoms with E-state index in [0.717, 1.165) is 17.5 Å². The predicted octanol–water partition coefficient (Wildman–Crippen LogP) is 2.97. The number of aromatic nitrogens is 2. The average Bonchev–Trinajstić information content (AvgIpc) is 2.68. The van der Waals surface area contributed by atoms with Crippen molar-refractivity contribution in [2.75, 3.05) is 0 Å². The highest BCUT2D eigenvalue weighted by atomic mass is 35.5. The van der Waals surface area contributed by atoms with Crippen molar-refractivity contribution < 1.29 is 0 Å². The Labute approximate surface area is 110 Å². The van der Waals surface area contributed by atoms with Gasteiger partial charge in [0.1, 0.15) is 0 Å². The standard InChI is InChI=1S/C12H13Cl2N3/c1-17-7-8(6-16-17)4-12(15)9-2-3-10(13)11(14)5-9/h2-3,5-7,12H,4,15H2,1H3. The fraction of sp³-hybridized carbons (Fsp3) is 0.250. The van der Waals surface area contributed by atoms with Crippen LogP contribution in [-0.4, -0.2) is 9.78 Å². The van der Waals surface area contributed by atoms with Crippen LogP contribution in [0.5, 0.6) is 0 Å². The number of halogens is 2. The van der Waals surface area contributed by atoms with Crippen molar-refractivity contribution in [1.82, 2.24) is 9.78 Å². The lowest BCUT2D eigenvalue weighted by Gasteiger charge is -2.11. The van der Waals surface area contributed by atoms with Crippen LogP contribution in [0.4, 0.5) is 0 Å². The van der Waals surface area contributed by atoms with Gasteiger partial charge in [0.25, 0.3) is 0 Å². The molecule has 2 rings (SSSR count). The summed E-state index contributed by atoms with van der Waals surface area (Å²) in [6, 6.07) is 5.37. The molecule has 0 bridgehead atoms. The van der Waals surface area contributed by atoms with E-state index in [4.69, 9.17) is 28.9 Å². The van der Waals surface area contributed by atoms with Gasteiger partial charge in [-0.25, -0.2) is 0 Å². The molecule has 1 heterocycles. The first kappa shape index (κ1) is 12.4. The number of nitrogens with two attached hydrogens (primary N) is 1. The highest BCUT2D eigenvalue weighted by molar-refractivity contribution is 6.42. The van der Waals surface area contributed by atoms with Crippen LogP contribution in [0.15, 0.2) is 30.6 Å². The minimum atomic E-state index is -0.103. The fourth-order valence-corrected chi connectivity index (χ4v) is 2.00. The van der Waals surface area contributed by atoms with Crippen molar-refractivity contribution >= 4 is 23.2 Å². The van der Waals surface area contributed by atoms with Gasteiger partial charge in [0.2, 0.25) is 0 Å². The largest absolute Gasteiger partial charge is 0.324 e. The highest BCUT2D eigenvalue weighted by Crippen LogP contribution is 2.26. The Morgan fingerprint density at radius 1 is 1.35 bits per heavy atom. The summed E-state index contributed by atoms with van der Waals surface area (Å²) >= 11 is 11.8. The quantitative estimate of drug-likeness (QED) is 0.931. The molecule has 0 radical (unpaired) electrons. The molecule has 1 unspecified atom stereocenters. The first-order valence-corrected chi connectivity index (χ1v) is 6.00. The van der Waals surface area contributed by atoms with Crippen LogP contribution in [0.25, 0.3) is 0 Å². The Hall–Kier alpha value is -1.03. The lowest BCUT2D eigenvalue weighted by molar-refractivity contribution is 0.719. The summed E-state index contributed by atoms with van der Waals surface area (Å²) in [4.78, 5) is 0. The molecule has 1 atom stereocenters. The highest BCUT2D eigenvalue weighted by Gasteiger charge is 2.10. The number of hydrogen-bond acceptors (Lipinski definition) is 2. The maximum absolute atomic E-state index is 6.12. The maximum atomic E-state index is 6.12. The molecule has 0 aliphatic carbocycles. The number of hydrogen-bond donors (Lipinski definition) is 1. The Morgan fingerprint density at radius 2 is 2.12 bits per heavy atom. The van der Waals surface area contributed by atoms with Gasteiger partial charge in [-0.15, -0.1) is 0 Å². The Kier molecular flexibility index (Phi) is 3.72. The van der Waals surface area contributed by atoms with Crippen LogP contribution in [0, 0.1) is 0 Å². The van der Waals surface area contributed by atoms with Gasteiger partial charge < -0.3 is 5.73 Å². The van der Waals surface area contributed by atoms with Crippen molar-refractivity contribution in [2.24, 2.45) is 12.8 Å². The van der Waals surface area contributed by atoms with E-state index in [-0.39, 0.29) is 6.04 Å². The molecule has 1 aromatic heterocycles. The van der Waals surface area contributed by atoms with Crippen LogP contribution in [-0.2, 0) is 13.5 Å². The third kappa shape index (κ3) is 3.00. The lowest BCUT2D eigenvalue weighted by Crippen LogP contribution is -2.13. The molecule has 3 nitrogen and oxygen atoms in total. The topological polar surface area (TPSA) is 43.8 Å². The van der Waals surface area contributed by atoms with Crippen molar-refractivity contribution in [3.05, 3.63) is 51.8 Å². The fourth-order valence-electron chi connectivity index (χ4n) is 1.69. The zero-order valence-corrected chi connectivity index (χ0v) is 10.9. The van der Waals surface area contributed by atoms with Gasteiger partial charge in [-0.3, -0.25) is 4.68 Å². The van der Waals surface area contributed by atoms with Gasteiger partial charge in [-0.1, -0.05) is 29.3 Å². The van der Waals surface area contributed by atoms with Crippen molar-refractivity contribution in [3.63, 3.8) is 0 Å². The summed E-state index contributed by atoms with van der Waals surface area (Å²) in [7, 11) is 1.88. The summed E-state index contributed by atoms with van der Waals surface area (Å²) in [6.45, 7) is 0. The first-order chi connectivity index (χ1) is 8.06. The smallest absolute Gasteiger partial charge is 0.0595 e. The van der Waals surface area contributed by atoms with E-state index in [9.17, 15) is 0 Å². The number of nitrogens with zero attached hydrogens (tertiary/aromatic N) is 2. The summed E-state index contributed by atoms with van der Waals surface area (Å²) in [5.41, 5.74) is 8.19. The van der Waals surface area contributed by atoms with E-state index in [1.54, 1.807) is 10.7 Å². The second kappa shape index (κ2) is 5.08. The molecular weight excluding hydrogens is 257 g/mol. The molecule has 0 spiro atoms. The van der Waals surface area contributed by atoms with Gasteiger partial charge in [-0.05, 0) is 29.7 Å². The van der Waals surface area contributed by atoms with Gasteiger partial charge in [0, 0.05) is 19.3 Å². The summed E-state index contributed by atoms with van der Waals surface area (Å²) in [6.07, 6.45) is 4.50. The molecule has 0 saturated carbocycles. The van der Waals surface area contributed by atoms with E-state index in [1.165, 1.54) is 0 Å². The molecule has 17 heavy (non-hydrogen) atoms. The number of rotatable bonds is 3. The summed E-state index contributed by atoms with van der Waals surface area (Å²) in [5, 5.41) is 5.19. The van der Waals surface area contributed by atoms with E-state index >= 15 is 0 Å². The summed E-state index contributed by atoms with van der Waals surface area (Å²) in [5.74, 6) is 0. The SMILES string of the molecule is Cn1cc(CC(N)c2ccc(Cl)c(Cl)c2)cn1. The average molecular weight is 270 g/mol. The molecule has 0 saturated heterocycles. The lowest BCUT2D eigenvalue weighted by atomic mass is 10.0. The molecule has 2 N–H and O–H groups in total. The molecule has 2 aromatic rings. The molecule has 0 fully saturated rings. The molecule has 90 valence electrons. The molecule has 0 amide bonds. The predicted molar refractivity (Wildman–Crippen MR) is 70.3 cm³/mol. The molecule has 0 aliphatic heterocycles. The van der Waals surface area contributed by atoms with E-state index in [0.29, 0.717) is 10.0 Å². The number of benzene rings is 1. The second-order valence-corrected chi connectivity index (χ2v) is 4.82. The first-order valence-electron chi connectivity index (χ1n) is 5.24. The van der Waals surface area contributed by atoms with E-state index in [2.05, 4.69) is 5.10 Å². The molecular formula is C12H13Cl2N3. The van der Waals surface area contributed by atoms with Crippen molar-refractivity contribution in [3.8, 4) is 0 Å². The normalized spacial score (nSPS) is 12.7. The molecule has 1 aromatic carbocycles. The van der Waals surface area contributed by atoms with Crippen molar-refractivity contribution in [1.29, 1.82) is 0 Å². The van der Waals surface area contributed by atoms with Crippen LogP contribution >= 0.6 is 23.2 Å². The zero-order chi connectivity index (χ0) is 12.4.